The number of nitrogens with one attached hydrogen (secondary N) is 2. The summed E-state index contributed by atoms with van der Waals surface area (Å²) in [6.45, 7) is 0. The van der Waals surface area contributed by atoms with E-state index in [0.717, 1.165) is 0 Å². The summed E-state index contributed by atoms with van der Waals surface area (Å²) in [5.41, 5.74) is 1.95. The Morgan fingerprint density at radius 3 is 2.12 bits per heavy atom. The van der Waals surface area contributed by atoms with Crippen molar-refractivity contribution in [3.8, 4) is 0 Å². The molecule has 32 heavy (non-hydrogen) atoms. The lowest BCUT2D eigenvalue weighted by molar-refractivity contribution is -0.117. The molecule has 2 N–H and O–H groups in total. The van der Waals surface area contributed by atoms with Crippen molar-refractivity contribution in [2.45, 2.75) is 10.3 Å². The molecule has 2 unspecified atom stereocenters. The molecular formula is C23H15Cl5N2O2. The number of carbonyl (C=O) groups excluding carboxylic acids is 2. The third-order valence-corrected chi connectivity index (χ3v) is 6.80. The molecule has 1 aliphatic carbocycles. The molecule has 0 radical (unpaired) electrons. The molecule has 4 nitrogen and oxygen atoms in total. The van der Waals surface area contributed by atoms with Crippen molar-refractivity contribution in [3.05, 3.63) is 92.9 Å². The molecular weight excluding hydrogens is 514 g/mol. The average molecular weight is 529 g/mol. The second-order valence-electron chi connectivity index (χ2n) is 7.34. The van der Waals surface area contributed by atoms with Crippen LogP contribution >= 0.6 is 58.0 Å². The highest BCUT2D eigenvalue weighted by Crippen LogP contribution is 2.65. The molecule has 1 saturated carbocycles. The zero-order chi connectivity index (χ0) is 23.0. The van der Waals surface area contributed by atoms with E-state index in [-0.39, 0.29) is 11.8 Å². The molecule has 0 aliphatic heterocycles. The fraction of sp³-hybridized carbons (Fsp3) is 0.130. The number of hydrogen-bond acceptors (Lipinski definition) is 2. The first-order valence-electron chi connectivity index (χ1n) is 9.47. The normalized spacial score (nSPS) is 18.7. The second-order valence-corrected chi connectivity index (χ2v) is 10.1. The van der Waals surface area contributed by atoms with E-state index in [9.17, 15) is 9.59 Å². The van der Waals surface area contributed by atoms with Gasteiger partial charge in [0.25, 0.3) is 5.91 Å². The van der Waals surface area contributed by atoms with E-state index in [4.69, 9.17) is 58.0 Å². The number of alkyl halides is 2. The van der Waals surface area contributed by atoms with Gasteiger partial charge in [0.05, 0.1) is 16.6 Å². The van der Waals surface area contributed by atoms with E-state index < -0.39 is 16.2 Å². The highest BCUT2D eigenvalue weighted by Gasteiger charge is 2.67. The Balaban J connectivity index is 1.50. The van der Waals surface area contributed by atoms with Crippen LogP contribution in [0.2, 0.25) is 15.1 Å². The van der Waals surface area contributed by atoms with E-state index in [2.05, 4.69) is 10.6 Å². The van der Waals surface area contributed by atoms with Gasteiger partial charge in [-0.3, -0.25) is 9.59 Å². The van der Waals surface area contributed by atoms with Crippen molar-refractivity contribution in [2.24, 2.45) is 5.92 Å². The molecule has 4 rings (SSSR count). The Hall–Kier alpha value is -1.95. The minimum atomic E-state index is -1.30. The maximum absolute atomic E-state index is 12.9. The number of anilines is 2. The molecule has 2 atom stereocenters. The third kappa shape index (κ3) is 4.85. The van der Waals surface area contributed by atoms with Crippen LogP contribution in [0.1, 0.15) is 21.8 Å². The molecule has 9 heteroatoms. The van der Waals surface area contributed by atoms with Crippen molar-refractivity contribution in [3.63, 3.8) is 0 Å². The van der Waals surface area contributed by atoms with Gasteiger partial charge in [-0.05, 0) is 54.1 Å². The summed E-state index contributed by atoms with van der Waals surface area (Å²) in [6, 6.07) is 18.4. The molecule has 3 aromatic carbocycles. The van der Waals surface area contributed by atoms with Crippen LogP contribution in [0.4, 0.5) is 11.4 Å². The van der Waals surface area contributed by atoms with Gasteiger partial charge in [-0.2, -0.15) is 0 Å². The fourth-order valence-electron chi connectivity index (χ4n) is 3.53. The number of hydrogen-bond donors (Lipinski definition) is 2. The van der Waals surface area contributed by atoms with Gasteiger partial charge in [-0.1, -0.05) is 53.0 Å². The monoisotopic (exact) mass is 526 g/mol. The lowest BCUT2D eigenvalue weighted by atomic mass is 10.1. The Labute approximate surface area is 209 Å². The van der Waals surface area contributed by atoms with Gasteiger partial charge in [0, 0.05) is 27.2 Å². The topological polar surface area (TPSA) is 58.2 Å². The first-order chi connectivity index (χ1) is 15.2. The van der Waals surface area contributed by atoms with Gasteiger partial charge in [0.2, 0.25) is 5.91 Å². The summed E-state index contributed by atoms with van der Waals surface area (Å²) in [7, 11) is 0. The molecule has 3 aromatic rings. The third-order valence-electron chi connectivity index (χ3n) is 5.10. The van der Waals surface area contributed by atoms with Crippen molar-refractivity contribution < 1.29 is 9.59 Å². The van der Waals surface area contributed by atoms with E-state index >= 15 is 0 Å². The number of amides is 2. The van der Waals surface area contributed by atoms with Gasteiger partial charge >= 0.3 is 0 Å². The van der Waals surface area contributed by atoms with E-state index in [1.165, 1.54) is 0 Å². The summed E-state index contributed by atoms with van der Waals surface area (Å²) in [5.74, 6) is -1.87. The Morgan fingerprint density at radius 1 is 0.812 bits per heavy atom. The summed E-state index contributed by atoms with van der Waals surface area (Å²) in [5, 5.41) is 6.72. The van der Waals surface area contributed by atoms with Gasteiger partial charge in [-0.15, -0.1) is 23.2 Å². The SMILES string of the molecule is O=C(Nc1cc(NC(=O)C2C(c3cc(Cl)cc(Cl)c3)C2(Cl)Cl)ccc1Cl)c1ccccc1. The summed E-state index contributed by atoms with van der Waals surface area (Å²) >= 11 is 31.2. The number of rotatable bonds is 5. The quantitative estimate of drug-likeness (QED) is 0.339. The lowest BCUT2D eigenvalue weighted by Gasteiger charge is -2.11. The standard InChI is InChI=1S/C23H15Cl5N2O2/c24-14-8-13(9-15(25)10-14)19-20(23(19,27)28)22(32)29-16-6-7-17(26)18(11-16)30-21(31)12-4-2-1-3-5-12/h1-11,19-20H,(H,29,32)(H,30,31). The molecule has 0 spiro atoms. The zero-order valence-electron chi connectivity index (χ0n) is 16.2. The molecule has 1 aliphatic rings. The Bertz CT molecular complexity index is 1180. The van der Waals surface area contributed by atoms with Crippen LogP contribution in [0.3, 0.4) is 0 Å². The van der Waals surface area contributed by atoms with Crippen LogP contribution in [-0.2, 0) is 4.79 Å². The lowest BCUT2D eigenvalue weighted by Crippen LogP contribution is -2.17. The van der Waals surface area contributed by atoms with Gasteiger partial charge in [0.1, 0.15) is 4.33 Å². The van der Waals surface area contributed by atoms with E-state index in [0.29, 0.717) is 37.6 Å². The number of benzene rings is 3. The minimum Gasteiger partial charge on any atom is -0.326 e. The Kier molecular flexibility index (Phi) is 6.62. The largest absolute Gasteiger partial charge is 0.326 e. The average Bonchev–Trinajstić information content (AvgIpc) is 3.32. The highest BCUT2D eigenvalue weighted by atomic mass is 35.5. The van der Waals surface area contributed by atoms with E-state index in [1.54, 1.807) is 60.7 Å². The van der Waals surface area contributed by atoms with Crippen LogP contribution in [-0.4, -0.2) is 16.1 Å². The molecule has 1 fully saturated rings. The molecule has 0 aromatic heterocycles. The van der Waals surface area contributed by atoms with Crippen LogP contribution in [0.25, 0.3) is 0 Å². The first kappa shape index (κ1) is 23.2. The predicted molar refractivity (Wildman–Crippen MR) is 132 cm³/mol. The maximum atomic E-state index is 12.9. The minimum absolute atomic E-state index is 0.323. The summed E-state index contributed by atoms with van der Waals surface area (Å²) < 4.78 is -1.30. The highest BCUT2D eigenvalue weighted by molar-refractivity contribution is 6.53. The number of halogens is 5. The Morgan fingerprint density at radius 2 is 1.47 bits per heavy atom. The predicted octanol–water partition coefficient (Wildman–Crippen LogP) is 7.43. The van der Waals surface area contributed by atoms with Crippen molar-refractivity contribution in [2.75, 3.05) is 10.6 Å². The van der Waals surface area contributed by atoms with Gasteiger partial charge in [-0.25, -0.2) is 0 Å². The van der Waals surface area contributed by atoms with Crippen molar-refractivity contribution >= 4 is 81.2 Å². The second kappa shape index (κ2) is 9.12. The summed E-state index contributed by atoms with van der Waals surface area (Å²) in [6.07, 6.45) is 0. The fourth-order valence-corrected chi connectivity index (χ4v) is 5.06. The van der Waals surface area contributed by atoms with Crippen LogP contribution < -0.4 is 10.6 Å². The van der Waals surface area contributed by atoms with Crippen molar-refractivity contribution in [1.82, 2.24) is 0 Å². The number of carbonyl (C=O) groups is 2. The first-order valence-corrected chi connectivity index (χ1v) is 11.4. The molecule has 164 valence electrons. The van der Waals surface area contributed by atoms with Crippen LogP contribution in [0, 0.1) is 5.92 Å². The smallest absolute Gasteiger partial charge is 0.255 e. The van der Waals surface area contributed by atoms with Crippen LogP contribution in [0.15, 0.2) is 66.7 Å². The van der Waals surface area contributed by atoms with Crippen molar-refractivity contribution in [1.29, 1.82) is 0 Å². The van der Waals surface area contributed by atoms with Gasteiger partial charge < -0.3 is 10.6 Å². The molecule has 0 heterocycles. The molecule has 0 bridgehead atoms. The molecule has 0 saturated heterocycles. The van der Waals surface area contributed by atoms with Gasteiger partial charge in [0.15, 0.2) is 0 Å². The summed E-state index contributed by atoms with van der Waals surface area (Å²) in [4.78, 5) is 25.4. The van der Waals surface area contributed by atoms with E-state index in [1.807, 2.05) is 6.07 Å². The maximum Gasteiger partial charge on any atom is 0.255 e. The zero-order valence-corrected chi connectivity index (χ0v) is 20.0. The molecule has 2 amide bonds. The van der Waals surface area contributed by atoms with Crippen LogP contribution in [0.5, 0.6) is 0 Å².